The van der Waals surface area contributed by atoms with E-state index in [1.54, 1.807) is 0 Å². The molecule has 2 aromatic rings. The second-order valence-corrected chi connectivity index (χ2v) is 2.15. The van der Waals surface area contributed by atoms with Gasteiger partial charge >= 0.3 is 0 Å². The van der Waals surface area contributed by atoms with Gasteiger partial charge in [0.2, 0.25) is 0 Å². The average molecular weight is 403 g/mol. The van der Waals surface area contributed by atoms with E-state index in [0.29, 0.717) is 0 Å². The molecule has 0 unspecified atom stereocenters. The van der Waals surface area contributed by atoms with Gasteiger partial charge in [-0.1, -0.05) is 6.07 Å². The van der Waals surface area contributed by atoms with E-state index in [1.807, 2.05) is 0 Å². The summed E-state index contributed by atoms with van der Waals surface area (Å²) in [6.45, 7) is 0. The number of rotatable bonds is 0. The Kier molecular flexibility index (Phi) is 13.5. The van der Waals surface area contributed by atoms with Gasteiger partial charge in [-0.05, 0) is 0 Å². The van der Waals surface area contributed by atoms with Crippen LogP contribution in [0.15, 0.2) is 42.5 Å². The maximum Gasteiger partial charge on any atom is 0 e. The standard InChI is InChI=1S/C9H7.3ClH.Hf/c1-2-5-9-7-3-6-8(9)4-1;;;;/h1-7H;3*1H;/q-1;;;;. The Balaban J connectivity index is -0.000000250. The van der Waals surface area contributed by atoms with Crippen LogP contribution in [0.25, 0.3) is 10.8 Å². The van der Waals surface area contributed by atoms with Gasteiger partial charge in [-0.25, -0.2) is 0 Å². The van der Waals surface area contributed by atoms with Crippen LogP contribution in [0.2, 0.25) is 0 Å². The molecule has 0 radical (unpaired) electrons. The zero-order valence-corrected chi connectivity index (χ0v) is 12.8. The van der Waals surface area contributed by atoms with Crippen molar-refractivity contribution < 1.29 is 25.8 Å². The first-order valence-electron chi connectivity index (χ1n) is 3.07. The van der Waals surface area contributed by atoms with E-state index in [-0.39, 0.29) is 63.1 Å². The van der Waals surface area contributed by atoms with Crippen molar-refractivity contribution in [2.75, 3.05) is 0 Å². The third kappa shape index (κ3) is 4.55. The van der Waals surface area contributed by atoms with E-state index in [4.69, 9.17) is 0 Å². The van der Waals surface area contributed by atoms with E-state index < -0.39 is 0 Å². The van der Waals surface area contributed by atoms with Crippen molar-refractivity contribution in [3.63, 3.8) is 0 Å². The summed E-state index contributed by atoms with van der Waals surface area (Å²) in [6.07, 6.45) is 0. The molecule has 0 aliphatic rings. The molecular weight excluding hydrogens is 393 g/mol. The fraction of sp³-hybridized carbons (Fsp3) is 0. The summed E-state index contributed by atoms with van der Waals surface area (Å²) < 4.78 is 0. The minimum absolute atomic E-state index is 0. The van der Waals surface area contributed by atoms with Crippen molar-refractivity contribution in [2.24, 2.45) is 0 Å². The molecule has 0 nitrogen and oxygen atoms in total. The van der Waals surface area contributed by atoms with Crippen molar-refractivity contribution in [3.05, 3.63) is 42.5 Å². The molecule has 0 N–H and O–H groups in total. The molecular formula is C9H10Cl3Hf-. The Morgan fingerprint density at radius 1 is 0.846 bits per heavy atom. The number of hydrogen-bond acceptors (Lipinski definition) is 0. The van der Waals surface area contributed by atoms with E-state index in [0.717, 1.165) is 0 Å². The molecule has 0 saturated heterocycles. The minimum atomic E-state index is 0. The monoisotopic (exact) mass is 403 g/mol. The van der Waals surface area contributed by atoms with E-state index >= 15 is 0 Å². The van der Waals surface area contributed by atoms with Gasteiger partial charge in [-0.15, -0.1) is 66.9 Å². The molecule has 0 bridgehead atoms. The Hall–Kier alpha value is 0.570. The summed E-state index contributed by atoms with van der Waals surface area (Å²) in [4.78, 5) is 0. The third-order valence-corrected chi connectivity index (χ3v) is 1.55. The number of benzene rings is 1. The van der Waals surface area contributed by atoms with Crippen molar-refractivity contribution in [1.29, 1.82) is 0 Å². The summed E-state index contributed by atoms with van der Waals surface area (Å²) >= 11 is 0. The van der Waals surface area contributed by atoms with Crippen LogP contribution in [0.4, 0.5) is 0 Å². The maximum atomic E-state index is 2.12. The summed E-state index contributed by atoms with van der Waals surface area (Å²) in [6, 6.07) is 14.7. The van der Waals surface area contributed by atoms with Gasteiger partial charge in [0.15, 0.2) is 0 Å². The molecule has 0 heterocycles. The molecule has 0 fully saturated rings. The summed E-state index contributed by atoms with van der Waals surface area (Å²) in [5.41, 5.74) is 0. The first-order valence-corrected chi connectivity index (χ1v) is 3.07. The Morgan fingerprint density at radius 2 is 1.46 bits per heavy atom. The maximum absolute atomic E-state index is 2.12. The topological polar surface area (TPSA) is 0 Å². The molecule has 0 aliphatic heterocycles. The first-order chi connectivity index (χ1) is 4.47. The van der Waals surface area contributed by atoms with Crippen molar-refractivity contribution >= 4 is 48.0 Å². The van der Waals surface area contributed by atoms with Gasteiger partial charge in [0.1, 0.15) is 0 Å². The molecule has 4 heteroatoms. The summed E-state index contributed by atoms with van der Waals surface area (Å²) in [7, 11) is 0. The van der Waals surface area contributed by atoms with Crippen LogP contribution in [0.5, 0.6) is 0 Å². The van der Waals surface area contributed by atoms with Crippen LogP contribution < -0.4 is 0 Å². The zero-order chi connectivity index (χ0) is 6.10. The molecule has 2 rings (SSSR count). The molecule has 0 aliphatic carbocycles. The van der Waals surface area contributed by atoms with Crippen LogP contribution in [-0.2, 0) is 25.8 Å². The minimum Gasteiger partial charge on any atom is -0.168 e. The van der Waals surface area contributed by atoms with Gasteiger partial charge in [-0.3, -0.25) is 0 Å². The number of halogens is 3. The molecule has 0 spiro atoms. The van der Waals surface area contributed by atoms with Gasteiger partial charge in [0.05, 0.1) is 0 Å². The molecule has 0 saturated carbocycles. The quantitative estimate of drug-likeness (QED) is 0.464. The molecule has 0 atom stereocenters. The van der Waals surface area contributed by atoms with Gasteiger partial charge in [-0.2, -0.15) is 17.5 Å². The molecule has 0 amide bonds. The van der Waals surface area contributed by atoms with Crippen LogP contribution in [0.3, 0.4) is 0 Å². The first kappa shape index (κ1) is 19.2. The third-order valence-electron chi connectivity index (χ3n) is 1.55. The molecule has 72 valence electrons. The van der Waals surface area contributed by atoms with Crippen LogP contribution in [0.1, 0.15) is 0 Å². The normalized spacial score (nSPS) is 7.08. The van der Waals surface area contributed by atoms with Crippen LogP contribution in [0, 0.1) is 0 Å². The number of hydrogen-bond donors (Lipinski definition) is 0. The van der Waals surface area contributed by atoms with Gasteiger partial charge in [0.25, 0.3) is 0 Å². The average Bonchev–Trinajstić information content (AvgIpc) is 2.33. The summed E-state index contributed by atoms with van der Waals surface area (Å²) in [5.74, 6) is 0. The smallest absolute Gasteiger partial charge is 0 e. The van der Waals surface area contributed by atoms with Gasteiger partial charge < -0.3 is 0 Å². The molecule has 0 aromatic heterocycles. The fourth-order valence-corrected chi connectivity index (χ4v) is 1.07. The predicted octanol–water partition coefficient (Wildman–Crippen LogP) is 3.82. The van der Waals surface area contributed by atoms with Gasteiger partial charge in [0, 0.05) is 25.8 Å². The fourth-order valence-electron chi connectivity index (χ4n) is 1.07. The summed E-state index contributed by atoms with van der Waals surface area (Å²) in [5, 5.41) is 2.66. The van der Waals surface area contributed by atoms with Crippen molar-refractivity contribution in [2.45, 2.75) is 0 Å². The Morgan fingerprint density at radius 3 is 2.08 bits per heavy atom. The second-order valence-electron chi connectivity index (χ2n) is 2.15. The largest absolute Gasteiger partial charge is 0.168 e. The Labute approximate surface area is 115 Å². The van der Waals surface area contributed by atoms with Crippen molar-refractivity contribution in [3.8, 4) is 0 Å². The zero-order valence-electron chi connectivity index (χ0n) is 6.77. The molecule has 13 heavy (non-hydrogen) atoms. The second kappa shape index (κ2) is 9.14. The number of fused-ring (bicyclic) bond motifs is 1. The Bertz CT molecular complexity index is 289. The van der Waals surface area contributed by atoms with Crippen LogP contribution >= 0.6 is 37.2 Å². The van der Waals surface area contributed by atoms with E-state index in [1.165, 1.54) is 10.8 Å². The van der Waals surface area contributed by atoms with E-state index in [2.05, 4.69) is 42.5 Å². The SMILES string of the molecule is Cl.Cl.Cl.[Hf].c1ccc2[cH-]ccc2c1. The van der Waals surface area contributed by atoms with Crippen LogP contribution in [-0.4, -0.2) is 0 Å². The predicted molar refractivity (Wildman–Crippen MR) is 61.3 cm³/mol. The molecule has 2 aromatic carbocycles. The van der Waals surface area contributed by atoms with Crippen molar-refractivity contribution in [1.82, 2.24) is 0 Å². The van der Waals surface area contributed by atoms with E-state index in [9.17, 15) is 0 Å².